The highest BCUT2D eigenvalue weighted by Crippen LogP contribution is 0.719. The second-order valence-corrected chi connectivity index (χ2v) is 0. The van der Waals surface area contributed by atoms with Crippen molar-refractivity contribution in [2.45, 2.75) is 0 Å². The first-order valence-corrected chi connectivity index (χ1v) is 12.0. The van der Waals surface area contributed by atoms with Gasteiger partial charge in [-0.05, 0) is 0 Å². The summed E-state index contributed by atoms with van der Waals surface area (Å²) in [5.41, 5.74) is 0. The Morgan fingerprint density at radius 3 is 0.125 bits per heavy atom. The minimum Gasteiger partial charge on any atom is 0 e. The van der Waals surface area contributed by atoms with Gasteiger partial charge < -0.3 is 0 Å². The number of hydrogen-bond acceptors (Lipinski definition) is 16. The summed E-state index contributed by atoms with van der Waals surface area (Å²) in [5.74, 6) is 0. The van der Waals surface area contributed by atoms with Gasteiger partial charge in [0.05, 0.1) is 0 Å². The highest BCUT2D eigenvalue weighted by molar-refractivity contribution is 8.09. The number of hydrogen-bond donors (Lipinski definition) is 0. The van der Waals surface area contributed by atoms with Crippen LogP contribution in [0.5, 0.6) is 0 Å². The van der Waals surface area contributed by atoms with Crippen molar-refractivity contribution in [2.75, 3.05) is 0 Å². The lowest BCUT2D eigenvalue weighted by Gasteiger charge is -0.707. The summed E-state index contributed by atoms with van der Waals surface area (Å²) in [6, 6.07) is 0. The summed E-state index contributed by atoms with van der Waals surface area (Å²) >= 11 is 58.7. The highest BCUT2D eigenvalue weighted by atomic mass is 32.8. The molecule has 0 aromatic heterocycles. The Bertz CT molecular complexity index is 24.0. The largest absolute Gasteiger partial charge is 0 e. The SMILES string of the molecule is S=S.S=S.S=S.S=S.S=S.S=S.S=S.S=S. The Kier molecular flexibility index (Phi) is 1450. The molecule has 0 saturated heterocycles. The van der Waals surface area contributed by atoms with Crippen LogP contribution in [0.3, 0.4) is 0 Å². The molecule has 0 aliphatic rings. The molecule has 0 radical (unpaired) electrons. The molecule has 0 rings (SSSR count). The van der Waals surface area contributed by atoms with Gasteiger partial charge in [0.1, 0.15) is 0 Å². The monoisotopic (exact) mass is 512 g/mol. The van der Waals surface area contributed by atoms with Crippen molar-refractivity contribution in [2.24, 2.45) is 0 Å². The Balaban J connectivity index is -0.00000000762. The van der Waals surface area contributed by atoms with Crippen LogP contribution in [-0.4, -0.2) is 0 Å². The molecule has 0 N–H and O–H groups in total. The lowest BCUT2D eigenvalue weighted by atomic mass is 31.4. The van der Waals surface area contributed by atoms with E-state index in [0.29, 0.717) is 0 Å². The van der Waals surface area contributed by atoms with E-state index in [1.807, 2.05) is 0 Å². The third kappa shape index (κ3) is 386. The first-order chi connectivity index (χ1) is 8.00. The fourth-order valence-corrected chi connectivity index (χ4v) is 0. The maximum absolute atomic E-state index is 3.67. The molecule has 96 valence electrons. The van der Waals surface area contributed by atoms with Crippen molar-refractivity contribution in [1.82, 2.24) is 0 Å². The second-order valence-electron chi connectivity index (χ2n) is 0. The summed E-state index contributed by atoms with van der Waals surface area (Å²) < 4.78 is 0. The smallest absolute Gasteiger partial charge is 0 e. The fraction of sp³-hybridized carbons (Fsp3) is 0. The van der Waals surface area contributed by atoms with Crippen molar-refractivity contribution in [3.05, 3.63) is 0 Å². The molecular weight excluding hydrogens is 513 g/mol. The predicted molar refractivity (Wildman–Crippen MR) is 118 cm³/mol. The van der Waals surface area contributed by atoms with Crippen LogP contribution in [0, 0.1) is 0 Å². The van der Waals surface area contributed by atoms with E-state index in [9.17, 15) is 0 Å². The quantitative estimate of drug-likeness (QED) is 0.425. The summed E-state index contributed by atoms with van der Waals surface area (Å²) in [4.78, 5) is 0. The van der Waals surface area contributed by atoms with Crippen molar-refractivity contribution >= 4 is 179 Å². The van der Waals surface area contributed by atoms with Gasteiger partial charge >= 0.3 is 0 Å². The van der Waals surface area contributed by atoms with Crippen LogP contribution < -0.4 is 0 Å². The van der Waals surface area contributed by atoms with Crippen LogP contribution in [-0.2, 0) is 179 Å². The molecule has 0 amide bonds. The molecule has 0 spiro atoms. The van der Waals surface area contributed by atoms with Crippen molar-refractivity contribution in [3.63, 3.8) is 0 Å². The first kappa shape index (κ1) is 50.4. The third-order valence-electron chi connectivity index (χ3n) is 0. The van der Waals surface area contributed by atoms with E-state index < -0.39 is 0 Å². The standard InChI is InChI=1S/8S2/c8*1-2. The molecule has 0 fully saturated rings. The van der Waals surface area contributed by atoms with Crippen LogP contribution in [0.4, 0.5) is 0 Å². The van der Waals surface area contributed by atoms with E-state index in [4.69, 9.17) is 0 Å². The van der Waals surface area contributed by atoms with E-state index in [0.717, 1.165) is 0 Å². The van der Waals surface area contributed by atoms with E-state index in [1.165, 1.54) is 0 Å². The van der Waals surface area contributed by atoms with Gasteiger partial charge in [0, 0.05) is 179 Å². The Hall–Kier alpha value is 3.52. The van der Waals surface area contributed by atoms with E-state index in [2.05, 4.69) is 179 Å². The Morgan fingerprint density at radius 1 is 0.125 bits per heavy atom. The molecule has 0 heterocycles. The minimum absolute atomic E-state index is 3.67. The molecule has 0 aliphatic carbocycles. The van der Waals surface area contributed by atoms with Gasteiger partial charge in [0.15, 0.2) is 0 Å². The van der Waals surface area contributed by atoms with E-state index >= 15 is 0 Å². The minimum atomic E-state index is 3.67. The van der Waals surface area contributed by atoms with E-state index in [-0.39, 0.29) is 0 Å². The molecular formula is S16. The van der Waals surface area contributed by atoms with Crippen molar-refractivity contribution in [1.29, 1.82) is 0 Å². The molecule has 0 aromatic carbocycles. The lowest BCUT2D eigenvalue weighted by Crippen LogP contribution is -0.710. The maximum atomic E-state index is 3.67. The highest BCUT2D eigenvalue weighted by Gasteiger charge is 0.721. The average Bonchev–Trinajstić information content (AvgIpc) is 2.54. The lowest BCUT2D eigenvalue weighted by molar-refractivity contribution is 6.66. The zero-order valence-corrected chi connectivity index (χ0v) is 19.6. The van der Waals surface area contributed by atoms with Gasteiger partial charge in [-0.3, -0.25) is 0 Å². The van der Waals surface area contributed by atoms with Gasteiger partial charge in [0.2, 0.25) is 0 Å². The van der Waals surface area contributed by atoms with Gasteiger partial charge in [-0.1, -0.05) is 0 Å². The molecule has 0 saturated carbocycles. The zero-order chi connectivity index (χ0) is 16.0. The predicted octanol–water partition coefficient (Wildman–Crippen LogP) is -0.0384. The summed E-state index contributed by atoms with van der Waals surface area (Å²) in [6.07, 6.45) is 0. The zero-order valence-electron chi connectivity index (χ0n) is 6.53. The fourth-order valence-electron chi connectivity index (χ4n) is 0. The van der Waals surface area contributed by atoms with Gasteiger partial charge in [-0.25, -0.2) is 0 Å². The van der Waals surface area contributed by atoms with Crippen molar-refractivity contribution < 1.29 is 0 Å². The normalized spacial score (nSPS) is 2.00. The molecule has 0 bridgehead atoms. The topological polar surface area (TPSA) is 0 Å². The van der Waals surface area contributed by atoms with Crippen LogP contribution in [0.1, 0.15) is 0 Å². The van der Waals surface area contributed by atoms with Crippen molar-refractivity contribution in [3.8, 4) is 0 Å². The maximum Gasteiger partial charge on any atom is 0 e. The average molecular weight is 513 g/mol. The summed E-state index contributed by atoms with van der Waals surface area (Å²) in [7, 11) is 0. The molecule has 16 heavy (non-hydrogen) atoms. The van der Waals surface area contributed by atoms with Crippen LogP contribution in [0.2, 0.25) is 0 Å². The molecule has 0 atom stereocenters. The Labute approximate surface area is 176 Å². The molecule has 0 aromatic rings. The third-order valence-corrected chi connectivity index (χ3v) is 0. The van der Waals surface area contributed by atoms with Gasteiger partial charge in [0.25, 0.3) is 0 Å². The summed E-state index contributed by atoms with van der Waals surface area (Å²) in [5, 5.41) is 0. The van der Waals surface area contributed by atoms with Gasteiger partial charge in [-0.2, -0.15) is 0 Å². The molecule has 16 heteroatoms. The van der Waals surface area contributed by atoms with Crippen LogP contribution >= 0.6 is 0 Å². The van der Waals surface area contributed by atoms with Crippen LogP contribution in [0.15, 0.2) is 0 Å². The second kappa shape index (κ2) is 459. The molecule has 0 unspecified atom stereocenters. The molecule has 0 aliphatic heterocycles. The van der Waals surface area contributed by atoms with Crippen LogP contribution in [0.25, 0.3) is 0 Å². The molecule has 0 nitrogen and oxygen atoms in total. The Morgan fingerprint density at radius 2 is 0.125 bits per heavy atom. The number of rotatable bonds is 0. The summed E-state index contributed by atoms with van der Waals surface area (Å²) in [6.45, 7) is 0. The van der Waals surface area contributed by atoms with Gasteiger partial charge in [-0.15, -0.1) is 0 Å². The first-order valence-electron chi connectivity index (χ1n) is 1.33. The van der Waals surface area contributed by atoms with E-state index in [1.54, 1.807) is 0 Å².